The molecule has 0 aliphatic heterocycles. The Hall–Kier alpha value is -2.41. The second kappa shape index (κ2) is 6.16. The van der Waals surface area contributed by atoms with E-state index in [0.29, 0.717) is 11.4 Å². The summed E-state index contributed by atoms with van der Waals surface area (Å²) in [6, 6.07) is 12.2. The number of rotatable bonds is 4. The van der Waals surface area contributed by atoms with Gasteiger partial charge < -0.3 is 4.90 Å². The second-order valence-electron chi connectivity index (χ2n) is 4.54. The molecule has 0 spiro atoms. The Morgan fingerprint density at radius 1 is 1.10 bits per heavy atom. The summed E-state index contributed by atoms with van der Waals surface area (Å²) in [5.74, 6) is 0.618. The van der Waals surface area contributed by atoms with E-state index in [1.165, 1.54) is 0 Å². The van der Waals surface area contributed by atoms with Crippen LogP contribution in [0.5, 0.6) is 0 Å². The lowest BCUT2D eigenvalue weighted by Crippen LogP contribution is -2.16. The Morgan fingerprint density at radius 3 is 2.35 bits per heavy atom. The highest BCUT2D eigenvalue weighted by molar-refractivity contribution is 5.66. The Bertz CT molecular complexity index is 629. The first-order valence-electron chi connectivity index (χ1n) is 6.80. The molecule has 0 aliphatic rings. The first-order valence-corrected chi connectivity index (χ1v) is 6.80. The van der Waals surface area contributed by atoms with Crippen molar-refractivity contribution in [1.82, 2.24) is 10.2 Å². The van der Waals surface area contributed by atoms with E-state index < -0.39 is 0 Å². The molecular formula is C16H18N4. The average Bonchev–Trinajstić information content (AvgIpc) is 2.53. The third kappa shape index (κ3) is 2.48. The van der Waals surface area contributed by atoms with Crippen molar-refractivity contribution in [3.63, 3.8) is 0 Å². The van der Waals surface area contributed by atoms with Gasteiger partial charge in [0.25, 0.3) is 0 Å². The molecule has 0 bridgehead atoms. The molecular weight excluding hydrogens is 248 g/mol. The van der Waals surface area contributed by atoms with Crippen LogP contribution in [0.4, 0.5) is 11.5 Å². The summed E-state index contributed by atoms with van der Waals surface area (Å²) < 4.78 is 0. The lowest BCUT2D eigenvalue weighted by Gasteiger charge is -2.20. The molecule has 0 atom stereocenters. The van der Waals surface area contributed by atoms with Gasteiger partial charge in [-0.2, -0.15) is 10.4 Å². The van der Waals surface area contributed by atoms with Gasteiger partial charge in [-0.15, -0.1) is 5.10 Å². The van der Waals surface area contributed by atoms with Crippen LogP contribution in [-0.4, -0.2) is 17.2 Å². The van der Waals surface area contributed by atoms with Gasteiger partial charge in [0.1, 0.15) is 11.6 Å². The van der Waals surface area contributed by atoms with Gasteiger partial charge in [0.05, 0.1) is 5.69 Å². The molecule has 102 valence electrons. The van der Waals surface area contributed by atoms with Crippen molar-refractivity contribution >= 4 is 11.5 Å². The number of benzene rings is 1. The third-order valence-corrected chi connectivity index (χ3v) is 3.40. The minimum Gasteiger partial charge on any atom is -0.327 e. The van der Waals surface area contributed by atoms with Gasteiger partial charge in [0, 0.05) is 12.7 Å². The average molecular weight is 266 g/mol. The number of hydrogen-bond acceptors (Lipinski definition) is 4. The molecule has 0 unspecified atom stereocenters. The monoisotopic (exact) mass is 266 g/mol. The highest BCUT2D eigenvalue weighted by Crippen LogP contribution is 2.27. The molecule has 0 saturated heterocycles. The zero-order valence-electron chi connectivity index (χ0n) is 12.1. The minimum atomic E-state index is 0.618. The predicted octanol–water partition coefficient (Wildman–Crippen LogP) is 3.24. The quantitative estimate of drug-likeness (QED) is 0.852. The number of anilines is 2. The van der Waals surface area contributed by atoms with Crippen molar-refractivity contribution in [2.75, 3.05) is 11.9 Å². The van der Waals surface area contributed by atoms with Crippen LogP contribution in [0.25, 0.3) is 0 Å². The summed E-state index contributed by atoms with van der Waals surface area (Å²) in [6.07, 6.45) is 1.58. The highest BCUT2D eigenvalue weighted by atomic mass is 15.3. The fourth-order valence-electron chi connectivity index (χ4n) is 2.29. The Balaban J connectivity index is 2.55. The molecule has 2 rings (SSSR count). The van der Waals surface area contributed by atoms with Crippen LogP contribution in [0, 0.1) is 11.3 Å². The van der Waals surface area contributed by atoms with Crippen LogP contribution < -0.4 is 4.90 Å². The van der Waals surface area contributed by atoms with Gasteiger partial charge in [-0.05, 0) is 30.5 Å². The van der Waals surface area contributed by atoms with Crippen molar-refractivity contribution in [3.05, 3.63) is 47.2 Å². The van der Waals surface area contributed by atoms with E-state index in [4.69, 9.17) is 0 Å². The minimum absolute atomic E-state index is 0.618. The van der Waals surface area contributed by atoms with Gasteiger partial charge in [-0.3, -0.25) is 0 Å². The molecule has 0 radical (unpaired) electrons. The van der Waals surface area contributed by atoms with E-state index in [1.54, 1.807) is 0 Å². The number of aromatic nitrogens is 2. The zero-order chi connectivity index (χ0) is 14.5. The molecule has 0 aliphatic carbocycles. The largest absolute Gasteiger partial charge is 0.327 e. The van der Waals surface area contributed by atoms with Crippen LogP contribution in [0.15, 0.2) is 30.3 Å². The molecule has 20 heavy (non-hydrogen) atoms. The van der Waals surface area contributed by atoms with Crippen molar-refractivity contribution in [2.45, 2.75) is 26.7 Å². The molecule has 1 aromatic heterocycles. The van der Waals surface area contributed by atoms with Gasteiger partial charge >= 0.3 is 0 Å². The van der Waals surface area contributed by atoms with E-state index >= 15 is 0 Å². The molecule has 0 amide bonds. The predicted molar refractivity (Wildman–Crippen MR) is 80.0 cm³/mol. The molecule has 0 saturated carbocycles. The van der Waals surface area contributed by atoms with Crippen LogP contribution in [0.3, 0.4) is 0 Å². The van der Waals surface area contributed by atoms with E-state index in [9.17, 15) is 5.26 Å². The van der Waals surface area contributed by atoms with E-state index in [-0.39, 0.29) is 0 Å². The molecule has 0 fully saturated rings. The summed E-state index contributed by atoms with van der Waals surface area (Å²) in [5.41, 5.74) is 3.53. The number of aryl methyl sites for hydroxylation is 1. The highest BCUT2D eigenvalue weighted by Gasteiger charge is 2.17. The summed E-state index contributed by atoms with van der Waals surface area (Å²) in [5, 5.41) is 18.0. The Kier molecular flexibility index (Phi) is 4.31. The first-order chi connectivity index (χ1) is 9.72. The Morgan fingerprint density at radius 2 is 1.80 bits per heavy atom. The summed E-state index contributed by atoms with van der Waals surface area (Å²) in [7, 11) is 1.91. The van der Waals surface area contributed by atoms with Crippen molar-refractivity contribution in [1.29, 1.82) is 5.26 Å². The second-order valence-corrected chi connectivity index (χ2v) is 4.54. The number of nitrogens with zero attached hydrogens (tertiary/aromatic N) is 4. The van der Waals surface area contributed by atoms with Crippen LogP contribution in [-0.2, 0) is 12.8 Å². The maximum absolute atomic E-state index is 9.50. The molecule has 1 aromatic carbocycles. The maximum Gasteiger partial charge on any atom is 0.173 e. The molecule has 0 N–H and O–H groups in total. The maximum atomic E-state index is 9.50. The standard InChI is InChI=1S/C16H18N4/c1-4-13-14(11-17)16(19-18-15(13)5-2)20(3)12-9-7-6-8-10-12/h6-10H,4-5H2,1-3H3. The third-order valence-electron chi connectivity index (χ3n) is 3.40. The summed E-state index contributed by atoms with van der Waals surface area (Å²) in [4.78, 5) is 1.91. The summed E-state index contributed by atoms with van der Waals surface area (Å²) in [6.45, 7) is 4.08. The van der Waals surface area contributed by atoms with Gasteiger partial charge in [-0.1, -0.05) is 32.0 Å². The number of hydrogen-bond donors (Lipinski definition) is 0. The normalized spacial score (nSPS) is 10.1. The van der Waals surface area contributed by atoms with Crippen molar-refractivity contribution < 1.29 is 0 Å². The number of nitriles is 1. The van der Waals surface area contributed by atoms with Crippen LogP contribution in [0.1, 0.15) is 30.7 Å². The molecule has 4 heteroatoms. The van der Waals surface area contributed by atoms with Gasteiger partial charge in [-0.25, -0.2) is 0 Å². The summed E-state index contributed by atoms with van der Waals surface area (Å²) >= 11 is 0. The van der Waals surface area contributed by atoms with Crippen molar-refractivity contribution in [2.24, 2.45) is 0 Å². The molecule has 4 nitrogen and oxygen atoms in total. The van der Waals surface area contributed by atoms with Crippen LogP contribution in [0.2, 0.25) is 0 Å². The fraction of sp³-hybridized carbons (Fsp3) is 0.312. The van der Waals surface area contributed by atoms with Gasteiger partial charge in [0.15, 0.2) is 5.82 Å². The first kappa shape index (κ1) is 14.0. The van der Waals surface area contributed by atoms with Crippen LogP contribution >= 0.6 is 0 Å². The Labute approximate surface area is 119 Å². The van der Waals surface area contributed by atoms with E-state index in [0.717, 1.165) is 29.8 Å². The lowest BCUT2D eigenvalue weighted by molar-refractivity contribution is 0.862. The molecule has 2 aromatic rings. The molecule has 1 heterocycles. The fourth-order valence-corrected chi connectivity index (χ4v) is 2.29. The SMILES string of the molecule is CCc1nnc(N(C)c2ccccc2)c(C#N)c1CC. The number of para-hydroxylation sites is 1. The van der Waals surface area contributed by atoms with E-state index in [2.05, 4.69) is 16.3 Å². The van der Waals surface area contributed by atoms with Gasteiger partial charge in [0.2, 0.25) is 0 Å². The van der Waals surface area contributed by atoms with Crippen molar-refractivity contribution in [3.8, 4) is 6.07 Å². The smallest absolute Gasteiger partial charge is 0.173 e. The topological polar surface area (TPSA) is 52.8 Å². The van der Waals surface area contributed by atoms with E-state index in [1.807, 2.05) is 56.1 Å². The zero-order valence-corrected chi connectivity index (χ0v) is 12.1. The lowest BCUT2D eigenvalue weighted by atomic mass is 10.0.